The quantitative estimate of drug-likeness (QED) is 0.676. The smallest absolute Gasteiger partial charge is 0.257 e. The molecule has 0 aliphatic carbocycles. The number of ether oxygens (including phenoxy) is 1. The molecule has 1 N–H and O–H groups in total. The van der Waals surface area contributed by atoms with Crippen molar-refractivity contribution in [2.24, 2.45) is 0 Å². The molecule has 2 fully saturated rings. The lowest BCUT2D eigenvalue weighted by molar-refractivity contribution is -0.128. The predicted molar refractivity (Wildman–Crippen MR) is 134 cm³/mol. The Hall–Kier alpha value is -2.90. The molecular formula is C27H32ClN3O4. The molecule has 2 atom stereocenters. The number of hydrogen-bond donors (Lipinski definition) is 1. The third-order valence-corrected chi connectivity index (χ3v) is 7.33. The SMILES string of the molecule is CC[C@H](C)NC(=O)[C@H]1COC2(CCN(C(=O)c3ccc(Cl)cc3)CC2)N1C(=O)c1ccccc1C. The van der Waals surface area contributed by atoms with E-state index in [1.54, 1.807) is 40.1 Å². The van der Waals surface area contributed by atoms with Crippen LogP contribution in [-0.4, -0.2) is 65.0 Å². The molecule has 2 aliphatic rings. The average Bonchev–Trinajstić information content (AvgIpc) is 3.23. The fourth-order valence-corrected chi connectivity index (χ4v) is 4.91. The van der Waals surface area contributed by atoms with Crippen LogP contribution in [0.1, 0.15) is 59.4 Å². The molecule has 0 aromatic heterocycles. The monoisotopic (exact) mass is 497 g/mol. The van der Waals surface area contributed by atoms with Crippen LogP contribution >= 0.6 is 11.6 Å². The van der Waals surface area contributed by atoms with Gasteiger partial charge in [0, 0.05) is 48.1 Å². The predicted octanol–water partition coefficient (Wildman–Crippen LogP) is 4.04. The lowest BCUT2D eigenvalue weighted by Crippen LogP contribution is -2.60. The molecule has 7 nitrogen and oxygen atoms in total. The van der Waals surface area contributed by atoms with Crippen molar-refractivity contribution in [3.63, 3.8) is 0 Å². The first-order valence-electron chi connectivity index (χ1n) is 12.1. The van der Waals surface area contributed by atoms with E-state index in [-0.39, 0.29) is 30.4 Å². The zero-order valence-electron chi connectivity index (χ0n) is 20.4. The minimum absolute atomic E-state index is 0.00620. The summed E-state index contributed by atoms with van der Waals surface area (Å²) >= 11 is 5.96. The number of rotatable bonds is 5. The number of carbonyl (C=O) groups excluding carboxylic acids is 3. The molecule has 35 heavy (non-hydrogen) atoms. The minimum atomic E-state index is -0.937. The van der Waals surface area contributed by atoms with Gasteiger partial charge in [0.2, 0.25) is 5.91 Å². The van der Waals surface area contributed by atoms with Crippen molar-refractivity contribution in [1.82, 2.24) is 15.1 Å². The number of benzene rings is 2. The summed E-state index contributed by atoms with van der Waals surface area (Å²) in [6, 6.07) is 13.5. The van der Waals surface area contributed by atoms with E-state index in [2.05, 4.69) is 5.32 Å². The summed E-state index contributed by atoms with van der Waals surface area (Å²) in [4.78, 5) is 43.5. The van der Waals surface area contributed by atoms with Gasteiger partial charge in [0.25, 0.3) is 11.8 Å². The largest absolute Gasteiger partial charge is 0.353 e. The summed E-state index contributed by atoms with van der Waals surface area (Å²) in [7, 11) is 0. The van der Waals surface area contributed by atoms with Crippen molar-refractivity contribution in [3.8, 4) is 0 Å². The Morgan fingerprint density at radius 1 is 1.09 bits per heavy atom. The molecule has 186 valence electrons. The van der Waals surface area contributed by atoms with Crippen molar-refractivity contribution >= 4 is 29.3 Å². The Kier molecular flexibility index (Phi) is 7.47. The van der Waals surface area contributed by atoms with Gasteiger partial charge in [-0.3, -0.25) is 19.3 Å². The lowest BCUT2D eigenvalue weighted by Gasteiger charge is -2.44. The maximum absolute atomic E-state index is 13.9. The van der Waals surface area contributed by atoms with Gasteiger partial charge < -0.3 is 15.0 Å². The Labute approximate surface area is 211 Å². The second-order valence-corrected chi connectivity index (χ2v) is 9.82. The number of aryl methyl sites for hydroxylation is 1. The van der Waals surface area contributed by atoms with Crippen molar-refractivity contribution in [2.75, 3.05) is 19.7 Å². The summed E-state index contributed by atoms with van der Waals surface area (Å²) < 4.78 is 6.26. The van der Waals surface area contributed by atoms with Crippen molar-refractivity contribution in [3.05, 3.63) is 70.2 Å². The molecule has 2 saturated heterocycles. The van der Waals surface area contributed by atoms with E-state index in [0.29, 0.717) is 42.1 Å². The van der Waals surface area contributed by atoms with Crippen LogP contribution in [0.3, 0.4) is 0 Å². The first kappa shape index (κ1) is 25.2. The summed E-state index contributed by atoms with van der Waals surface area (Å²) in [5.41, 5.74) is 1.03. The van der Waals surface area contributed by atoms with Crippen molar-refractivity contribution < 1.29 is 19.1 Å². The molecule has 8 heteroatoms. The highest BCUT2D eigenvalue weighted by molar-refractivity contribution is 6.30. The molecule has 0 bridgehead atoms. The van der Waals surface area contributed by atoms with Gasteiger partial charge in [-0.05, 0) is 56.2 Å². The molecule has 0 saturated carbocycles. The van der Waals surface area contributed by atoms with E-state index >= 15 is 0 Å². The molecule has 1 spiro atoms. The second kappa shape index (κ2) is 10.4. The second-order valence-electron chi connectivity index (χ2n) is 9.38. The van der Waals surface area contributed by atoms with E-state index in [9.17, 15) is 14.4 Å². The van der Waals surface area contributed by atoms with Gasteiger partial charge in [-0.1, -0.05) is 36.7 Å². The summed E-state index contributed by atoms with van der Waals surface area (Å²) in [6.45, 7) is 6.79. The summed E-state index contributed by atoms with van der Waals surface area (Å²) in [5, 5.41) is 3.58. The van der Waals surface area contributed by atoms with Gasteiger partial charge in [-0.2, -0.15) is 0 Å². The minimum Gasteiger partial charge on any atom is -0.353 e. The highest BCUT2D eigenvalue weighted by Gasteiger charge is 2.54. The first-order valence-corrected chi connectivity index (χ1v) is 12.5. The lowest BCUT2D eigenvalue weighted by atomic mass is 9.95. The average molecular weight is 498 g/mol. The molecule has 0 radical (unpaired) electrons. The maximum atomic E-state index is 13.9. The number of carbonyl (C=O) groups is 3. The van der Waals surface area contributed by atoms with Crippen LogP contribution < -0.4 is 5.32 Å². The van der Waals surface area contributed by atoms with Crippen LogP contribution in [-0.2, 0) is 9.53 Å². The van der Waals surface area contributed by atoms with Gasteiger partial charge in [0.05, 0.1) is 6.61 Å². The third-order valence-electron chi connectivity index (χ3n) is 7.08. The number of hydrogen-bond acceptors (Lipinski definition) is 4. The van der Waals surface area contributed by atoms with Gasteiger partial charge >= 0.3 is 0 Å². The van der Waals surface area contributed by atoms with Crippen LogP contribution in [0, 0.1) is 6.92 Å². The van der Waals surface area contributed by atoms with Crippen LogP contribution in [0.2, 0.25) is 5.02 Å². The van der Waals surface area contributed by atoms with Crippen LogP contribution in [0.4, 0.5) is 0 Å². The van der Waals surface area contributed by atoms with Crippen molar-refractivity contribution in [1.29, 1.82) is 0 Å². The normalized spacial score (nSPS) is 20.1. The summed E-state index contributed by atoms with van der Waals surface area (Å²) in [6.07, 6.45) is 1.64. The van der Waals surface area contributed by atoms with E-state index in [1.165, 1.54) is 0 Å². The van der Waals surface area contributed by atoms with Gasteiger partial charge in [-0.15, -0.1) is 0 Å². The molecule has 2 heterocycles. The Balaban J connectivity index is 1.58. The molecular weight excluding hydrogens is 466 g/mol. The Morgan fingerprint density at radius 3 is 2.37 bits per heavy atom. The van der Waals surface area contributed by atoms with Crippen LogP contribution in [0.5, 0.6) is 0 Å². The number of piperidine rings is 1. The number of amides is 3. The topological polar surface area (TPSA) is 79.0 Å². The molecule has 2 aromatic rings. The van der Waals surface area contributed by atoms with E-state index in [0.717, 1.165) is 12.0 Å². The Morgan fingerprint density at radius 2 is 1.74 bits per heavy atom. The maximum Gasteiger partial charge on any atom is 0.257 e. The fraction of sp³-hybridized carbons (Fsp3) is 0.444. The highest BCUT2D eigenvalue weighted by Crippen LogP contribution is 2.39. The molecule has 4 rings (SSSR count). The zero-order valence-corrected chi connectivity index (χ0v) is 21.2. The third kappa shape index (κ3) is 5.07. The molecule has 2 aromatic carbocycles. The molecule has 3 amide bonds. The van der Waals surface area contributed by atoms with Gasteiger partial charge in [0.1, 0.15) is 11.8 Å². The van der Waals surface area contributed by atoms with Crippen LogP contribution in [0.25, 0.3) is 0 Å². The van der Waals surface area contributed by atoms with Gasteiger partial charge in [0.15, 0.2) is 0 Å². The number of halogens is 1. The molecule has 2 aliphatic heterocycles. The van der Waals surface area contributed by atoms with Crippen molar-refractivity contribution in [2.45, 2.75) is 57.8 Å². The van der Waals surface area contributed by atoms with Crippen LogP contribution in [0.15, 0.2) is 48.5 Å². The van der Waals surface area contributed by atoms with E-state index in [4.69, 9.17) is 16.3 Å². The number of nitrogens with zero attached hydrogens (tertiary/aromatic N) is 2. The number of nitrogens with one attached hydrogen (secondary N) is 1. The fourth-order valence-electron chi connectivity index (χ4n) is 4.78. The van der Waals surface area contributed by atoms with E-state index in [1.807, 2.05) is 39.0 Å². The van der Waals surface area contributed by atoms with Gasteiger partial charge in [-0.25, -0.2) is 0 Å². The highest BCUT2D eigenvalue weighted by atomic mass is 35.5. The van der Waals surface area contributed by atoms with E-state index < -0.39 is 11.8 Å². The first-order chi connectivity index (χ1) is 16.8. The number of likely N-dealkylation sites (tertiary alicyclic amines) is 1. The summed E-state index contributed by atoms with van der Waals surface area (Å²) in [5.74, 6) is -0.516. The zero-order chi connectivity index (χ0) is 25.2. The Bertz CT molecular complexity index is 1100. The standard InChI is InChI=1S/C27H32ClN3O4/c1-4-19(3)29-24(32)23-17-35-27(31(23)26(34)22-8-6-5-7-18(22)2)13-15-30(16-14-27)25(33)20-9-11-21(28)12-10-20/h5-12,19,23H,4,13-17H2,1-3H3,(H,29,32)/t19-,23+/m0/s1. The molecule has 0 unspecified atom stereocenters.